The Hall–Kier alpha value is -0.420. The van der Waals surface area contributed by atoms with E-state index in [1.165, 1.54) is 0 Å². The first-order valence-electron chi connectivity index (χ1n) is 4.44. The molecular formula is C5H14NO12P3. The van der Waals surface area contributed by atoms with Crippen molar-refractivity contribution in [1.82, 2.24) is 0 Å². The topological polar surface area (TPSA) is 245 Å². The minimum atomic E-state index is -5.11. The van der Waals surface area contributed by atoms with Crippen LogP contribution in [-0.2, 0) is 23.2 Å². The first-order valence-corrected chi connectivity index (χ1v) is 9.43. The number of carbonyl (C=O) groups is 1. The lowest BCUT2D eigenvalue weighted by molar-refractivity contribution is -0.149. The molecule has 0 aromatic heterocycles. The van der Waals surface area contributed by atoms with Gasteiger partial charge in [-0.2, -0.15) is 4.67 Å². The fraction of sp³-hybridized carbons (Fsp3) is 0.400. The molecule has 0 fully saturated rings. The van der Waals surface area contributed by atoms with E-state index in [0.29, 0.717) is 6.08 Å². The summed E-state index contributed by atoms with van der Waals surface area (Å²) in [5.41, 5.74) is 4.81. The van der Waals surface area contributed by atoms with Crippen LogP contribution in [0.4, 0.5) is 0 Å². The third kappa shape index (κ3) is 7.41. The van der Waals surface area contributed by atoms with Gasteiger partial charge in [0.2, 0.25) is 5.02 Å². The molecular weight excluding hydrogens is 359 g/mol. The summed E-state index contributed by atoms with van der Waals surface area (Å²) in [7, 11) is -14.5. The molecule has 0 amide bonds. The maximum atomic E-state index is 10.5. The molecule has 16 heteroatoms. The molecule has 0 bridgehead atoms. The van der Waals surface area contributed by atoms with Gasteiger partial charge in [0.05, 0.1) is 0 Å². The highest BCUT2D eigenvalue weighted by molar-refractivity contribution is 7.72. The molecule has 0 saturated carbocycles. The van der Waals surface area contributed by atoms with Crippen LogP contribution in [0.5, 0.6) is 0 Å². The summed E-state index contributed by atoms with van der Waals surface area (Å²) in [5, 5.41) is 12.4. The van der Waals surface area contributed by atoms with Crippen molar-refractivity contribution in [2.24, 2.45) is 5.73 Å². The molecule has 0 radical (unpaired) electrons. The van der Waals surface area contributed by atoms with Crippen molar-refractivity contribution in [1.29, 1.82) is 0 Å². The van der Waals surface area contributed by atoms with Gasteiger partial charge in [-0.1, -0.05) is 6.58 Å². The van der Waals surface area contributed by atoms with Crippen LogP contribution in [0, 0.1) is 0 Å². The smallest absolute Gasteiger partial charge is 0.366 e. The molecule has 0 aliphatic rings. The van der Waals surface area contributed by atoms with E-state index in [9.17, 15) is 18.5 Å². The van der Waals surface area contributed by atoms with Gasteiger partial charge in [-0.15, -0.1) is 0 Å². The van der Waals surface area contributed by atoms with Gasteiger partial charge in [-0.25, -0.2) is 5.26 Å². The van der Waals surface area contributed by atoms with Gasteiger partial charge in [0.15, 0.2) is 0 Å². The SMILES string of the molecule is C=CC(N)(P(=O)(O)O)P(=O)(O)O.O=C(O)CP(=O)(O)OO. The predicted molar refractivity (Wildman–Crippen MR) is 67.2 cm³/mol. The fourth-order valence-electron chi connectivity index (χ4n) is 0.607. The van der Waals surface area contributed by atoms with Crippen LogP contribution in [0.2, 0.25) is 0 Å². The third-order valence-electron chi connectivity index (χ3n) is 1.70. The molecule has 0 saturated heterocycles. The lowest BCUT2D eigenvalue weighted by atomic mass is 10.6. The van der Waals surface area contributed by atoms with Crippen molar-refractivity contribution >= 4 is 28.8 Å². The van der Waals surface area contributed by atoms with Crippen LogP contribution in [0.3, 0.4) is 0 Å². The van der Waals surface area contributed by atoms with Crippen molar-refractivity contribution < 1.29 is 58.0 Å². The van der Waals surface area contributed by atoms with Crippen molar-refractivity contribution in [3.8, 4) is 0 Å². The van der Waals surface area contributed by atoms with Crippen LogP contribution in [0.15, 0.2) is 12.7 Å². The van der Waals surface area contributed by atoms with Gasteiger partial charge in [-0.05, 0) is 6.08 Å². The normalized spacial score (nSPS) is 15.4. The minimum Gasteiger partial charge on any atom is -0.481 e. The van der Waals surface area contributed by atoms with E-state index < -0.39 is 39.9 Å². The Morgan fingerprint density at radius 2 is 1.48 bits per heavy atom. The second-order valence-corrected chi connectivity index (χ2v) is 9.11. The van der Waals surface area contributed by atoms with Crippen molar-refractivity contribution in [3.05, 3.63) is 12.7 Å². The monoisotopic (exact) mass is 373 g/mol. The Balaban J connectivity index is 0. The number of carboxylic acids is 1. The van der Waals surface area contributed by atoms with Crippen LogP contribution in [0.1, 0.15) is 0 Å². The number of rotatable bonds is 6. The zero-order valence-corrected chi connectivity index (χ0v) is 12.8. The first-order chi connectivity index (χ1) is 9.04. The maximum Gasteiger partial charge on any atom is 0.366 e. The van der Waals surface area contributed by atoms with E-state index in [1.807, 2.05) is 0 Å². The van der Waals surface area contributed by atoms with E-state index in [-0.39, 0.29) is 0 Å². The maximum absolute atomic E-state index is 10.5. The fourth-order valence-corrected chi connectivity index (χ4v) is 2.84. The van der Waals surface area contributed by atoms with Gasteiger partial charge in [0.1, 0.15) is 6.16 Å². The number of hydrogen-bond acceptors (Lipinski definition) is 7. The second-order valence-electron chi connectivity index (χ2n) is 3.35. The van der Waals surface area contributed by atoms with Gasteiger partial charge in [-0.3, -0.25) is 18.5 Å². The average molecular weight is 373 g/mol. The molecule has 13 nitrogen and oxygen atoms in total. The summed E-state index contributed by atoms with van der Waals surface area (Å²) in [5.74, 6) is -1.50. The van der Waals surface area contributed by atoms with Crippen molar-refractivity contribution in [3.63, 3.8) is 0 Å². The standard InChI is InChI=1S/C3H9NO6P2.C2H5O6P/c1-2-3(4,11(5,6)7)12(8,9)10;3-2(4)1-9(6,7)8-5/h2H,1,4H2,(H2,5,6,7)(H2,8,9,10);5H,1H2,(H,3,4)(H,6,7). The highest BCUT2D eigenvalue weighted by atomic mass is 31.2. The van der Waals surface area contributed by atoms with E-state index in [1.54, 1.807) is 0 Å². The highest BCUT2D eigenvalue weighted by Crippen LogP contribution is 2.66. The molecule has 0 aromatic rings. The van der Waals surface area contributed by atoms with E-state index in [0.717, 1.165) is 0 Å². The molecule has 1 unspecified atom stereocenters. The van der Waals surface area contributed by atoms with E-state index >= 15 is 0 Å². The molecule has 0 spiro atoms. The van der Waals surface area contributed by atoms with Crippen LogP contribution in [-0.4, -0.2) is 52.0 Å². The lowest BCUT2D eigenvalue weighted by Crippen LogP contribution is -2.36. The molecule has 21 heavy (non-hydrogen) atoms. The van der Waals surface area contributed by atoms with Gasteiger partial charge >= 0.3 is 28.8 Å². The molecule has 126 valence electrons. The summed E-state index contributed by atoms with van der Waals surface area (Å²) >= 11 is 0. The number of hydrogen-bond donors (Lipinski definition) is 8. The Morgan fingerprint density at radius 3 is 1.52 bits per heavy atom. The molecule has 0 heterocycles. The second kappa shape index (κ2) is 7.73. The summed E-state index contributed by atoms with van der Waals surface area (Å²) in [6.07, 6.45) is -0.738. The first kappa shape index (κ1) is 22.9. The summed E-state index contributed by atoms with van der Waals surface area (Å²) in [6, 6.07) is 0. The van der Waals surface area contributed by atoms with Gasteiger partial charge in [0, 0.05) is 0 Å². The van der Waals surface area contributed by atoms with Crippen molar-refractivity contribution in [2.45, 2.75) is 5.02 Å². The molecule has 1 atom stereocenters. The summed E-state index contributed by atoms with van der Waals surface area (Å²) < 4.78 is 34.1. The summed E-state index contributed by atoms with van der Waals surface area (Å²) in [4.78, 5) is 51.8. The largest absolute Gasteiger partial charge is 0.481 e. The van der Waals surface area contributed by atoms with Gasteiger partial charge < -0.3 is 35.3 Å². The minimum absolute atomic E-state index is 0.356. The van der Waals surface area contributed by atoms with Crippen molar-refractivity contribution in [2.75, 3.05) is 6.16 Å². The molecule has 0 rings (SSSR count). The van der Waals surface area contributed by atoms with Gasteiger partial charge in [0.25, 0.3) is 0 Å². The Labute approximate surface area is 117 Å². The van der Waals surface area contributed by atoms with E-state index in [2.05, 4.69) is 11.3 Å². The van der Waals surface area contributed by atoms with E-state index in [4.69, 9.17) is 40.6 Å². The third-order valence-corrected chi connectivity index (χ3v) is 6.42. The summed E-state index contributed by atoms with van der Waals surface area (Å²) in [6.45, 7) is 2.86. The predicted octanol–water partition coefficient (Wildman–Crippen LogP) is -1.11. The molecule has 9 N–H and O–H groups in total. The number of carboxylic acid groups (broad SMARTS) is 1. The van der Waals surface area contributed by atoms with Crippen LogP contribution < -0.4 is 5.73 Å². The lowest BCUT2D eigenvalue weighted by Gasteiger charge is -2.26. The van der Waals surface area contributed by atoms with Crippen LogP contribution >= 0.6 is 22.8 Å². The molecule has 0 aliphatic carbocycles. The molecule has 0 aliphatic heterocycles. The Bertz CT molecular complexity index is 495. The zero-order valence-electron chi connectivity index (χ0n) is 10.1. The van der Waals surface area contributed by atoms with Crippen LogP contribution in [0.25, 0.3) is 0 Å². The quantitative estimate of drug-likeness (QED) is 0.119. The zero-order chi connectivity index (χ0) is 17.7. The average Bonchev–Trinajstić information content (AvgIpc) is 2.24. The number of nitrogens with two attached hydrogens (primary N) is 1. The highest BCUT2D eigenvalue weighted by Gasteiger charge is 2.55. The Kier molecular flexibility index (Phi) is 8.41. The molecule has 0 aromatic carbocycles. The Morgan fingerprint density at radius 1 is 1.14 bits per heavy atom. The number of aliphatic carboxylic acids is 1.